The van der Waals surface area contributed by atoms with Gasteiger partial charge in [-0.1, -0.05) is 42.8 Å². The molecule has 1 atom stereocenters. The number of carbonyl (C=O) groups excluding carboxylic acids is 2. The quantitative estimate of drug-likeness (QED) is 0.736. The van der Waals surface area contributed by atoms with Gasteiger partial charge in [0.1, 0.15) is 0 Å². The maximum absolute atomic E-state index is 12.1. The summed E-state index contributed by atoms with van der Waals surface area (Å²) in [6.45, 7) is 2.40. The minimum atomic E-state index is -0.239. The minimum Gasteiger partial charge on any atom is -0.355 e. The molecule has 0 saturated carbocycles. The average molecular weight is 360 g/mol. The van der Waals surface area contributed by atoms with Crippen molar-refractivity contribution < 1.29 is 9.59 Å². The molecule has 0 aromatic heterocycles. The molecule has 0 heterocycles. The van der Waals surface area contributed by atoms with Crippen molar-refractivity contribution in [2.24, 2.45) is 0 Å². The van der Waals surface area contributed by atoms with Crippen molar-refractivity contribution in [1.82, 2.24) is 16.0 Å². The lowest BCUT2D eigenvalue weighted by Crippen LogP contribution is -2.37. The van der Waals surface area contributed by atoms with Crippen molar-refractivity contribution in [3.63, 3.8) is 0 Å². The Hall–Kier alpha value is -2.53. The van der Waals surface area contributed by atoms with Crippen LogP contribution in [0.25, 0.3) is 0 Å². The second-order valence-corrected chi connectivity index (χ2v) is 6.05. The van der Waals surface area contributed by atoms with Gasteiger partial charge in [-0.2, -0.15) is 0 Å². The van der Waals surface area contributed by atoms with Crippen molar-refractivity contribution in [2.45, 2.75) is 25.9 Å². The standard InChI is InChI=1S/C19H22ClN3O2/c1-3-17(14-8-10-16(20)11-9-14)23-19(25)22-12-13-4-6-15(7-5-13)18(24)21-2/h4-11,17H,3,12H2,1-2H3,(H,21,24)(H2,22,23,25). The van der Waals surface area contributed by atoms with Crippen molar-refractivity contribution in [2.75, 3.05) is 7.05 Å². The molecule has 0 fully saturated rings. The summed E-state index contributed by atoms with van der Waals surface area (Å²) < 4.78 is 0. The number of benzene rings is 2. The molecular formula is C19H22ClN3O2. The normalized spacial score (nSPS) is 11.5. The van der Waals surface area contributed by atoms with E-state index in [1.165, 1.54) is 0 Å². The van der Waals surface area contributed by atoms with Gasteiger partial charge in [0.05, 0.1) is 6.04 Å². The summed E-state index contributed by atoms with van der Waals surface area (Å²) >= 11 is 5.90. The molecule has 2 aromatic carbocycles. The summed E-state index contributed by atoms with van der Waals surface area (Å²) in [4.78, 5) is 23.6. The highest BCUT2D eigenvalue weighted by atomic mass is 35.5. The van der Waals surface area contributed by atoms with Crippen molar-refractivity contribution in [3.05, 3.63) is 70.2 Å². The molecule has 1 unspecified atom stereocenters. The van der Waals surface area contributed by atoms with Crippen LogP contribution in [0.15, 0.2) is 48.5 Å². The number of carbonyl (C=O) groups is 2. The molecule has 3 amide bonds. The van der Waals surface area contributed by atoms with Crippen LogP contribution in [-0.2, 0) is 6.54 Å². The van der Waals surface area contributed by atoms with E-state index in [1.54, 1.807) is 19.2 Å². The molecule has 25 heavy (non-hydrogen) atoms. The summed E-state index contributed by atoms with van der Waals surface area (Å²) in [5.41, 5.74) is 2.52. The molecule has 0 aliphatic rings. The fourth-order valence-corrected chi connectivity index (χ4v) is 2.55. The lowest BCUT2D eigenvalue weighted by molar-refractivity contribution is 0.0963. The van der Waals surface area contributed by atoms with Gasteiger partial charge in [0.25, 0.3) is 5.91 Å². The first-order chi connectivity index (χ1) is 12.0. The number of halogens is 1. The molecule has 0 radical (unpaired) electrons. The first-order valence-corrected chi connectivity index (χ1v) is 8.52. The van der Waals surface area contributed by atoms with E-state index in [0.29, 0.717) is 17.1 Å². The second kappa shape index (κ2) is 9.08. The highest BCUT2D eigenvalue weighted by Crippen LogP contribution is 2.19. The molecule has 6 heteroatoms. The summed E-state index contributed by atoms with van der Waals surface area (Å²) in [7, 11) is 1.59. The number of hydrogen-bond acceptors (Lipinski definition) is 2. The molecule has 0 saturated heterocycles. The van der Waals surface area contributed by atoms with Gasteiger partial charge in [-0.15, -0.1) is 0 Å². The smallest absolute Gasteiger partial charge is 0.315 e. The van der Waals surface area contributed by atoms with Crippen LogP contribution in [0.3, 0.4) is 0 Å². The number of amides is 3. The fraction of sp³-hybridized carbons (Fsp3) is 0.263. The van der Waals surface area contributed by atoms with Gasteiger partial charge >= 0.3 is 6.03 Å². The highest BCUT2D eigenvalue weighted by Gasteiger charge is 2.12. The van der Waals surface area contributed by atoms with E-state index >= 15 is 0 Å². The maximum Gasteiger partial charge on any atom is 0.315 e. The third-order valence-electron chi connectivity index (χ3n) is 3.88. The van der Waals surface area contributed by atoms with Crippen LogP contribution in [0.1, 0.15) is 40.9 Å². The molecule has 2 rings (SSSR count). The van der Waals surface area contributed by atoms with E-state index in [2.05, 4.69) is 16.0 Å². The van der Waals surface area contributed by atoms with Gasteiger partial charge in [0.15, 0.2) is 0 Å². The Bertz CT molecular complexity index is 714. The zero-order valence-corrected chi connectivity index (χ0v) is 15.1. The Morgan fingerprint density at radius 2 is 1.68 bits per heavy atom. The van der Waals surface area contributed by atoms with E-state index in [1.807, 2.05) is 43.3 Å². The number of urea groups is 1. The molecule has 2 aromatic rings. The second-order valence-electron chi connectivity index (χ2n) is 5.62. The number of rotatable bonds is 6. The molecule has 0 aliphatic carbocycles. The zero-order chi connectivity index (χ0) is 18.2. The van der Waals surface area contributed by atoms with Gasteiger partial charge in [0, 0.05) is 24.2 Å². The van der Waals surface area contributed by atoms with Gasteiger partial charge in [-0.25, -0.2) is 4.79 Å². The Morgan fingerprint density at radius 3 is 2.24 bits per heavy atom. The monoisotopic (exact) mass is 359 g/mol. The molecule has 0 bridgehead atoms. The largest absolute Gasteiger partial charge is 0.355 e. The third kappa shape index (κ3) is 5.50. The van der Waals surface area contributed by atoms with Crippen LogP contribution in [-0.4, -0.2) is 19.0 Å². The van der Waals surface area contributed by atoms with Gasteiger partial charge in [-0.3, -0.25) is 4.79 Å². The van der Waals surface area contributed by atoms with E-state index in [-0.39, 0.29) is 18.0 Å². The number of hydrogen-bond donors (Lipinski definition) is 3. The first-order valence-electron chi connectivity index (χ1n) is 8.14. The van der Waals surface area contributed by atoms with Crippen LogP contribution < -0.4 is 16.0 Å². The Morgan fingerprint density at radius 1 is 1.04 bits per heavy atom. The van der Waals surface area contributed by atoms with Crippen molar-refractivity contribution in [1.29, 1.82) is 0 Å². The van der Waals surface area contributed by atoms with E-state index in [9.17, 15) is 9.59 Å². The van der Waals surface area contributed by atoms with Gasteiger partial charge < -0.3 is 16.0 Å². The van der Waals surface area contributed by atoms with Crippen LogP contribution in [0, 0.1) is 0 Å². The first kappa shape index (κ1) is 18.8. The molecule has 132 valence electrons. The third-order valence-corrected chi connectivity index (χ3v) is 4.13. The van der Waals surface area contributed by atoms with E-state index in [4.69, 9.17) is 11.6 Å². The summed E-state index contributed by atoms with van der Waals surface area (Å²) in [5, 5.41) is 9.03. The average Bonchev–Trinajstić information content (AvgIpc) is 2.65. The summed E-state index contributed by atoms with van der Waals surface area (Å²) in [6.07, 6.45) is 0.774. The number of nitrogens with one attached hydrogen (secondary N) is 3. The lowest BCUT2D eigenvalue weighted by Gasteiger charge is -2.18. The van der Waals surface area contributed by atoms with E-state index in [0.717, 1.165) is 17.5 Å². The SMILES string of the molecule is CCC(NC(=O)NCc1ccc(C(=O)NC)cc1)c1ccc(Cl)cc1. The predicted molar refractivity (Wildman–Crippen MR) is 99.7 cm³/mol. The minimum absolute atomic E-state index is 0.0760. The predicted octanol–water partition coefficient (Wildman–Crippen LogP) is 3.65. The zero-order valence-electron chi connectivity index (χ0n) is 14.3. The maximum atomic E-state index is 12.1. The molecule has 5 nitrogen and oxygen atoms in total. The van der Waals surface area contributed by atoms with Crippen LogP contribution >= 0.6 is 11.6 Å². The summed E-state index contributed by atoms with van der Waals surface area (Å²) in [5.74, 6) is -0.133. The van der Waals surface area contributed by atoms with E-state index < -0.39 is 0 Å². The molecule has 0 spiro atoms. The van der Waals surface area contributed by atoms with Crippen LogP contribution in [0.2, 0.25) is 5.02 Å². The van der Waals surface area contributed by atoms with Crippen LogP contribution in [0.5, 0.6) is 0 Å². The summed E-state index contributed by atoms with van der Waals surface area (Å²) in [6, 6.07) is 14.2. The Balaban J connectivity index is 1.88. The topological polar surface area (TPSA) is 70.2 Å². The molecule has 0 aliphatic heterocycles. The lowest BCUT2D eigenvalue weighted by atomic mass is 10.1. The molecular weight excluding hydrogens is 338 g/mol. The van der Waals surface area contributed by atoms with Gasteiger partial charge in [-0.05, 0) is 41.8 Å². The van der Waals surface area contributed by atoms with Crippen LogP contribution in [0.4, 0.5) is 4.79 Å². The van der Waals surface area contributed by atoms with Gasteiger partial charge in [0.2, 0.25) is 0 Å². The highest BCUT2D eigenvalue weighted by molar-refractivity contribution is 6.30. The fourth-order valence-electron chi connectivity index (χ4n) is 2.43. The van der Waals surface area contributed by atoms with Crippen molar-refractivity contribution >= 4 is 23.5 Å². The Kier molecular flexibility index (Phi) is 6.83. The van der Waals surface area contributed by atoms with Crippen molar-refractivity contribution in [3.8, 4) is 0 Å². The Labute approximate surface area is 152 Å². The molecule has 3 N–H and O–H groups in total.